The number of benzene rings is 4. The van der Waals surface area contributed by atoms with Crippen molar-refractivity contribution in [2.24, 2.45) is 0 Å². The lowest BCUT2D eigenvalue weighted by molar-refractivity contribution is 0.249. The summed E-state index contributed by atoms with van der Waals surface area (Å²) in [5.41, 5.74) is 8.34. The number of anilines is 3. The van der Waals surface area contributed by atoms with Gasteiger partial charge in [-0.25, -0.2) is 0 Å². The molecule has 0 aliphatic heterocycles. The van der Waals surface area contributed by atoms with Crippen LogP contribution in [-0.4, -0.2) is 31.1 Å². The fraction of sp³-hybridized carbons (Fsp3) is 0.273. The molecule has 186 valence electrons. The lowest BCUT2D eigenvalue weighted by atomic mass is 10.0. The van der Waals surface area contributed by atoms with E-state index >= 15 is 0 Å². The van der Waals surface area contributed by atoms with Crippen LogP contribution in [0.4, 0.5) is 17.1 Å². The Morgan fingerprint density at radius 1 is 0.556 bits per heavy atom. The minimum atomic E-state index is 0.748. The molecule has 0 spiro atoms. The molecule has 36 heavy (non-hydrogen) atoms. The molecule has 4 aromatic carbocycles. The number of ether oxygens (including phenoxy) is 1. The molecule has 0 unspecified atom stereocenters. The number of hydrogen-bond donors (Lipinski definition) is 0. The van der Waals surface area contributed by atoms with Gasteiger partial charge in [0.15, 0.2) is 0 Å². The third-order valence-electron chi connectivity index (χ3n) is 6.68. The summed E-state index contributed by atoms with van der Waals surface area (Å²) in [6.07, 6.45) is 1.04. The zero-order chi connectivity index (χ0) is 25.3. The Morgan fingerprint density at radius 2 is 0.972 bits per heavy atom. The second kappa shape index (κ2) is 12.4. The van der Waals surface area contributed by atoms with Crippen LogP contribution >= 0.6 is 0 Å². The van der Waals surface area contributed by atoms with Gasteiger partial charge in [0.2, 0.25) is 0 Å². The van der Waals surface area contributed by atoms with E-state index in [2.05, 4.69) is 135 Å². The molecule has 0 aromatic heterocycles. The Labute approximate surface area is 217 Å². The molecule has 0 aliphatic rings. The predicted molar refractivity (Wildman–Crippen MR) is 154 cm³/mol. The van der Waals surface area contributed by atoms with Crippen LogP contribution in [0.2, 0.25) is 0 Å². The van der Waals surface area contributed by atoms with Crippen molar-refractivity contribution in [3.63, 3.8) is 0 Å². The third kappa shape index (κ3) is 6.56. The second-order valence-corrected chi connectivity index (χ2v) is 9.31. The first-order chi connectivity index (χ1) is 17.6. The van der Waals surface area contributed by atoms with Crippen LogP contribution in [0.15, 0.2) is 97.1 Å². The molecule has 3 heteroatoms. The molecule has 3 nitrogen and oxygen atoms in total. The summed E-state index contributed by atoms with van der Waals surface area (Å²) in [4.78, 5) is 4.73. The Kier molecular flexibility index (Phi) is 8.80. The van der Waals surface area contributed by atoms with E-state index in [0.717, 1.165) is 55.5 Å². The summed E-state index contributed by atoms with van der Waals surface area (Å²) in [6, 6.07) is 34.6. The van der Waals surface area contributed by atoms with Crippen LogP contribution < -0.4 is 9.64 Å². The lowest BCUT2D eigenvalue weighted by Gasteiger charge is -2.26. The zero-order valence-corrected chi connectivity index (χ0v) is 22.1. The van der Waals surface area contributed by atoms with Gasteiger partial charge in [0.1, 0.15) is 5.75 Å². The van der Waals surface area contributed by atoms with E-state index in [-0.39, 0.29) is 0 Å². The topological polar surface area (TPSA) is 15.7 Å². The molecule has 0 amide bonds. The summed E-state index contributed by atoms with van der Waals surface area (Å²) in [5.74, 6) is 0.930. The molecule has 4 rings (SSSR count). The van der Waals surface area contributed by atoms with Crippen molar-refractivity contribution in [2.75, 3.05) is 31.1 Å². The molecule has 0 atom stereocenters. The summed E-state index contributed by atoms with van der Waals surface area (Å²) >= 11 is 0. The maximum absolute atomic E-state index is 5.97. The highest BCUT2D eigenvalue weighted by Crippen LogP contribution is 2.36. The van der Waals surface area contributed by atoms with E-state index in [1.54, 1.807) is 0 Å². The average molecular weight is 479 g/mol. The van der Waals surface area contributed by atoms with Crippen LogP contribution in [-0.2, 0) is 0 Å². The number of aryl methyl sites for hydroxylation is 2. The minimum Gasteiger partial charge on any atom is -0.494 e. The third-order valence-corrected chi connectivity index (χ3v) is 6.68. The maximum Gasteiger partial charge on any atom is 0.119 e. The summed E-state index contributed by atoms with van der Waals surface area (Å²) in [6.45, 7) is 12.7. The van der Waals surface area contributed by atoms with Crippen LogP contribution in [0.3, 0.4) is 0 Å². The van der Waals surface area contributed by atoms with Crippen molar-refractivity contribution < 1.29 is 4.74 Å². The van der Waals surface area contributed by atoms with Crippen LogP contribution in [0.5, 0.6) is 5.75 Å². The molecule has 0 N–H and O–H groups in total. The molecule has 0 saturated heterocycles. The van der Waals surface area contributed by atoms with Gasteiger partial charge in [-0.15, -0.1) is 0 Å². The van der Waals surface area contributed by atoms with E-state index in [1.165, 1.54) is 22.3 Å². The quantitative estimate of drug-likeness (QED) is 0.201. The standard InChI is InChI=1S/C33H38N2O/c1-5-34(6-2)24-7-25-36-33-22-14-29(15-23-33)28-12-20-32(21-13-28)35(30-16-8-26(3)9-17-30)31-18-10-27(4)11-19-31/h8-23H,5-7,24-25H2,1-4H3. The molecule has 0 aliphatic carbocycles. The average Bonchev–Trinajstić information content (AvgIpc) is 2.92. The zero-order valence-electron chi connectivity index (χ0n) is 22.1. The normalized spacial score (nSPS) is 11.0. The first kappa shape index (κ1) is 25.5. The van der Waals surface area contributed by atoms with E-state index in [0.29, 0.717) is 0 Å². The Balaban J connectivity index is 1.47. The van der Waals surface area contributed by atoms with Gasteiger partial charge in [0.05, 0.1) is 6.61 Å². The van der Waals surface area contributed by atoms with Crippen molar-refractivity contribution >= 4 is 17.1 Å². The van der Waals surface area contributed by atoms with Crippen molar-refractivity contribution in [2.45, 2.75) is 34.1 Å². The summed E-state index contributed by atoms with van der Waals surface area (Å²) in [7, 11) is 0. The van der Waals surface area contributed by atoms with E-state index in [9.17, 15) is 0 Å². The highest BCUT2D eigenvalue weighted by Gasteiger charge is 2.12. The molecule has 0 radical (unpaired) electrons. The fourth-order valence-electron chi connectivity index (χ4n) is 4.40. The first-order valence-corrected chi connectivity index (χ1v) is 13.1. The van der Waals surface area contributed by atoms with Crippen molar-refractivity contribution in [1.29, 1.82) is 0 Å². The van der Waals surface area contributed by atoms with Gasteiger partial charge in [-0.3, -0.25) is 0 Å². The Bertz CT molecular complexity index is 1150. The molecule has 0 bridgehead atoms. The van der Waals surface area contributed by atoms with Crippen molar-refractivity contribution in [3.8, 4) is 16.9 Å². The van der Waals surface area contributed by atoms with Crippen LogP contribution in [0, 0.1) is 13.8 Å². The number of rotatable bonds is 11. The molecule has 0 saturated carbocycles. The summed E-state index contributed by atoms with van der Waals surface area (Å²) in [5, 5.41) is 0. The molecular weight excluding hydrogens is 440 g/mol. The molecule has 0 fully saturated rings. The Morgan fingerprint density at radius 3 is 1.42 bits per heavy atom. The molecule has 0 heterocycles. The molecule has 4 aromatic rings. The monoisotopic (exact) mass is 478 g/mol. The Hall–Kier alpha value is -3.56. The SMILES string of the molecule is CCN(CC)CCCOc1ccc(-c2ccc(N(c3ccc(C)cc3)c3ccc(C)cc3)cc2)cc1. The van der Waals surface area contributed by atoms with E-state index < -0.39 is 0 Å². The number of hydrogen-bond acceptors (Lipinski definition) is 3. The van der Waals surface area contributed by atoms with E-state index in [4.69, 9.17) is 4.74 Å². The minimum absolute atomic E-state index is 0.748. The largest absolute Gasteiger partial charge is 0.494 e. The van der Waals surface area contributed by atoms with Gasteiger partial charge in [-0.05, 0) is 93.0 Å². The van der Waals surface area contributed by atoms with Gasteiger partial charge < -0.3 is 14.5 Å². The van der Waals surface area contributed by atoms with Gasteiger partial charge in [0, 0.05) is 23.6 Å². The maximum atomic E-state index is 5.97. The van der Waals surface area contributed by atoms with Crippen molar-refractivity contribution in [1.82, 2.24) is 4.90 Å². The van der Waals surface area contributed by atoms with Gasteiger partial charge >= 0.3 is 0 Å². The van der Waals surface area contributed by atoms with Gasteiger partial charge in [-0.2, -0.15) is 0 Å². The van der Waals surface area contributed by atoms with E-state index in [1.807, 2.05) is 0 Å². The molecular formula is C33H38N2O. The lowest BCUT2D eigenvalue weighted by Crippen LogP contribution is -2.25. The number of nitrogens with zero attached hydrogens (tertiary/aromatic N) is 2. The highest BCUT2D eigenvalue weighted by atomic mass is 16.5. The van der Waals surface area contributed by atoms with Crippen LogP contribution in [0.25, 0.3) is 11.1 Å². The predicted octanol–water partition coefficient (Wildman–Crippen LogP) is 8.55. The highest BCUT2D eigenvalue weighted by molar-refractivity contribution is 5.78. The van der Waals surface area contributed by atoms with Gasteiger partial charge in [0.25, 0.3) is 0 Å². The second-order valence-electron chi connectivity index (χ2n) is 9.31. The van der Waals surface area contributed by atoms with Crippen molar-refractivity contribution in [3.05, 3.63) is 108 Å². The fourth-order valence-corrected chi connectivity index (χ4v) is 4.40. The summed E-state index contributed by atoms with van der Waals surface area (Å²) < 4.78 is 5.97. The van der Waals surface area contributed by atoms with Crippen LogP contribution in [0.1, 0.15) is 31.4 Å². The van der Waals surface area contributed by atoms with Gasteiger partial charge in [-0.1, -0.05) is 73.5 Å². The smallest absolute Gasteiger partial charge is 0.119 e. The first-order valence-electron chi connectivity index (χ1n) is 13.1.